The van der Waals surface area contributed by atoms with Crippen LogP contribution in [0.4, 0.5) is 0 Å². The molecule has 0 unspecified atom stereocenters. The van der Waals surface area contributed by atoms with E-state index in [4.69, 9.17) is 0 Å². The molecule has 1 N–H and O–H groups in total. The SMILES string of the molecule is Cc1cccc(C2(C(=O)NCc3ccc(-n4cccn4)nc3)CC2)c1. The number of nitrogens with zero attached hydrogens (tertiary/aromatic N) is 3. The van der Waals surface area contributed by atoms with Crippen LogP contribution in [0, 0.1) is 6.92 Å². The zero-order valence-electron chi connectivity index (χ0n) is 14.1. The first kappa shape index (κ1) is 15.6. The Bertz CT molecular complexity index is 880. The molecule has 0 spiro atoms. The van der Waals surface area contributed by atoms with Crippen molar-refractivity contribution in [3.8, 4) is 5.82 Å². The lowest BCUT2D eigenvalue weighted by Crippen LogP contribution is -2.34. The topological polar surface area (TPSA) is 59.8 Å². The molecular weight excluding hydrogens is 312 g/mol. The number of aromatic nitrogens is 3. The summed E-state index contributed by atoms with van der Waals surface area (Å²) in [6.07, 6.45) is 7.18. The summed E-state index contributed by atoms with van der Waals surface area (Å²) in [6, 6.07) is 14.0. The molecule has 1 aliphatic rings. The lowest BCUT2D eigenvalue weighted by atomic mass is 9.93. The van der Waals surface area contributed by atoms with Crippen LogP contribution in [0.5, 0.6) is 0 Å². The van der Waals surface area contributed by atoms with Crippen LogP contribution in [0.3, 0.4) is 0 Å². The molecule has 1 aromatic carbocycles. The van der Waals surface area contributed by atoms with Gasteiger partial charge in [-0.1, -0.05) is 35.9 Å². The van der Waals surface area contributed by atoms with E-state index in [1.807, 2.05) is 30.5 Å². The fourth-order valence-corrected chi connectivity index (χ4v) is 3.13. The summed E-state index contributed by atoms with van der Waals surface area (Å²) >= 11 is 0. The maximum absolute atomic E-state index is 12.7. The second kappa shape index (κ2) is 6.16. The fraction of sp³-hybridized carbons (Fsp3) is 0.250. The van der Waals surface area contributed by atoms with Gasteiger partial charge in [0.2, 0.25) is 5.91 Å². The van der Waals surface area contributed by atoms with Crippen LogP contribution < -0.4 is 5.32 Å². The molecule has 3 aromatic rings. The molecule has 1 saturated carbocycles. The third-order valence-corrected chi connectivity index (χ3v) is 4.76. The van der Waals surface area contributed by atoms with Crippen molar-refractivity contribution >= 4 is 5.91 Å². The largest absolute Gasteiger partial charge is 0.351 e. The number of carbonyl (C=O) groups is 1. The lowest BCUT2D eigenvalue weighted by molar-refractivity contribution is -0.123. The van der Waals surface area contributed by atoms with E-state index in [-0.39, 0.29) is 11.3 Å². The van der Waals surface area contributed by atoms with Crippen LogP contribution in [-0.4, -0.2) is 20.7 Å². The van der Waals surface area contributed by atoms with Gasteiger partial charge < -0.3 is 5.32 Å². The first-order chi connectivity index (χ1) is 12.2. The van der Waals surface area contributed by atoms with Crippen molar-refractivity contribution in [1.29, 1.82) is 0 Å². The molecule has 2 heterocycles. The van der Waals surface area contributed by atoms with Crippen molar-refractivity contribution in [2.75, 3.05) is 0 Å². The predicted molar refractivity (Wildman–Crippen MR) is 95.3 cm³/mol. The molecule has 5 heteroatoms. The van der Waals surface area contributed by atoms with E-state index < -0.39 is 0 Å². The Labute approximate surface area is 146 Å². The van der Waals surface area contributed by atoms with Crippen molar-refractivity contribution < 1.29 is 4.79 Å². The first-order valence-corrected chi connectivity index (χ1v) is 8.48. The van der Waals surface area contributed by atoms with Gasteiger partial charge >= 0.3 is 0 Å². The number of pyridine rings is 1. The van der Waals surface area contributed by atoms with Gasteiger partial charge in [-0.2, -0.15) is 5.10 Å². The molecule has 0 saturated heterocycles. The number of hydrogen-bond acceptors (Lipinski definition) is 3. The highest BCUT2D eigenvalue weighted by Crippen LogP contribution is 2.48. The van der Waals surface area contributed by atoms with Gasteiger partial charge in [0.15, 0.2) is 5.82 Å². The predicted octanol–water partition coefficient (Wildman–Crippen LogP) is 2.92. The molecular formula is C20H20N4O. The highest BCUT2D eigenvalue weighted by molar-refractivity contribution is 5.91. The Kier molecular flexibility index (Phi) is 3.84. The minimum atomic E-state index is -0.339. The van der Waals surface area contributed by atoms with Crippen molar-refractivity contribution in [3.63, 3.8) is 0 Å². The van der Waals surface area contributed by atoms with Crippen molar-refractivity contribution in [2.45, 2.75) is 31.7 Å². The quantitative estimate of drug-likeness (QED) is 0.781. The van der Waals surface area contributed by atoms with Gasteiger partial charge in [0.25, 0.3) is 0 Å². The highest BCUT2D eigenvalue weighted by Gasteiger charge is 2.51. The number of carbonyl (C=O) groups excluding carboxylic acids is 1. The smallest absolute Gasteiger partial charge is 0.230 e. The second-order valence-corrected chi connectivity index (χ2v) is 6.61. The zero-order valence-corrected chi connectivity index (χ0v) is 14.1. The Morgan fingerprint density at radius 2 is 2.12 bits per heavy atom. The molecule has 5 nitrogen and oxygen atoms in total. The molecule has 0 atom stereocenters. The van der Waals surface area contributed by atoms with E-state index in [2.05, 4.69) is 40.5 Å². The van der Waals surface area contributed by atoms with E-state index >= 15 is 0 Å². The Morgan fingerprint density at radius 3 is 2.76 bits per heavy atom. The third-order valence-electron chi connectivity index (χ3n) is 4.76. The second-order valence-electron chi connectivity index (χ2n) is 6.61. The van der Waals surface area contributed by atoms with Gasteiger partial charge in [-0.15, -0.1) is 0 Å². The van der Waals surface area contributed by atoms with E-state index in [0.29, 0.717) is 6.54 Å². The summed E-state index contributed by atoms with van der Waals surface area (Å²) in [5, 5.41) is 7.23. The standard InChI is InChI=1S/C20H20N4O/c1-15-4-2-5-17(12-15)20(8-9-20)19(25)22-14-16-6-7-18(21-13-16)24-11-3-10-23-24/h2-7,10-13H,8-9,14H2,1H3,(H,22,25). The zero-order chi connectivity index (χ0) is 17.3. The Balaban J connectivity index is 1.42. The van der Waals surface area contributed by atoms with Crippen molar-refractivity contribution in [3.05, 3.63) is 77.7 Å². The monoisotopic (exact) mass is 332 g/mol. The van der Waals surface area contributed by atoms with Crippen LogP contribution in [0.25, 0.3) is 5.82 Å². The van der Waals surface area contributed by atoms with E-state index in [9.17, 15) is 4.79 Å². The molecule has 1 fully saturated rings. The van der Waals surface area contributed by atoms with Gasteiger partial charge in [-0.05, 0) is 43.0 Å². The molecule has 25 heavy (non-hydrogen) atoms. The number of benzene rings is 1. The lowest BCUT2D eigenvalue weighted by Gasteiger charge is -2.16. The maximum Gasteiger partial charge on any atom is 0.230 e. The Morgan fingerprint density at radius 1 is 1.24 bits per heavy atom. The molecule has 0 radical (unpaired) electrons. The molecule has 0 bridgehead atoms. The van der Waals surface area contributed by atoms with Gasteiger partial charge in [0.05, 0.1) is 5.41 Å². The number of amides is 1. The number of aryl methyl sites for hydroxylation is 1. The van der Waals surface area contributed by atoms with Gasteiger partial charge in [0, 0.05) is 25.1 Å². The van der Waals surface area contributed by atoms with Gasteiger partial charge in [-0.3, -0.25) is 4.79 Å². The van der Waals surface area contributed by atoms with Crippen LogP contribution in [0.15, 0.2) is 61.1 Å². The summed E-state index contributed by atoms with van der Waals surface area (Å²) in [5.41, 5.74) is 2.95. The minimum Gasteiger partial charge on any atom is -0.351 e. The van der Waals surface area contributed by atoms with E-state index in [0.717, 1.165) is 29.8 Å². The molecule has 4 rings (SSSR count). The van der Waals surface area contributed by atoms with E-state index in [1.165, 1.54) is 5.56 Å². The van der Waals surface area contributed by atoms with Crippen LogP contribution in [-0.2, 0) is 16.8 Å². The summed E-state index contributed by atoms with van der Waals surface area (Å²) < 4.78 is 1.71. The molecule has 126 valence electrons. The minimum absolute atomic E-state index is 0.106. The number of rotatable bonds is 5. The summed E-state index contributed by atoms with van der Waals surface area (Å²) in [4.78, 5) is 17.1. The van der Waals surface area contributed by atoms with Crippen molar-refractivity contribution in [2.24, 2.45) is 0 Å². The number of hydrogen-bond donors (Lipinski definition) is 1. The number of nitrogens with one attached hydrogen (secondary N) is 1. The maximum atomic E-state index is 12.7. The van der Waals surface area contributed by atoms with Crippen LogP contribution >= 0.6 is 0 Å². The molecule has 1 aliphatic carbocycles. The first-order valence-electron chi connectivity index (χ1n) is 8.48. The highest BCUT2D eigenvalue weighted by atomic mass is 16.2. The van der Waals surface area contributed by atoms with Gasteiger partial charge in [0.1, 0.15) is 0 Å². The summed E-state index contributed by atoms with van der Waals surface area (Å²) in [6.45, 7) is 2.54. The Hall–Kier alpha value is -2.95. The van der Waals surface area contributed by atoms with Crippen LogP contribution in [0.2, 0.25) is 0 Å². The summed E-state index contributed by atoms with van der Waals surface area (Å²) in [7, 11) is 0. The average molecular weight is 332 g/mol. The van der Waals surface area contributed by atoms with E-state index in [1.54, 1.807) is 17.1 Å². The van der Waals surface area contributed by atoms with Crippen molar-refractivity contribution in [1.82, 2.24) is 20.1 Å². The van der Waals surface area contributed by atoms with Gasteiger partial charge in [-0.25, -0.2) is 9.67 Å². The molecule has 2 aromatic heterocycles. The molecule has 1 amide bonds. The van der Waals surface area contributed by atoms with Crippen LogP contribution in [0.1, 0.15) is 29.5 Å². The fourth-order valence-electron chi connectivity index (χ4n) is 3.13. The normalized spacial score (nSPS) is 14.9. The molecule has 0 aliphatic heterocycles. The third kappa shape index (κ3) is 3.05. The average Bonchev–Trinajstić information content (AvgIpc) is 3.27. The summed E-state index contributed by atoms with van der Waals surface area (Å²) in [5.74, 6) is 0.868.